The van der Waals surface area contributed by atoms with Crippen molar-refractivity contribution in [1.82, 2.24) is 19.8 Å². The van der Waals surface area contributed by atoms with Crippen molar-refractivity contribution in [2.24, 2.45) is 0 Å². The maximum Gasteiger partial charge on any atom is 0.241 e. The molecule has 2 aromatic carbocycles. The number of H-pyrrole nitrogens is 1. The first-order valence-electron chi connectivity index (χ1n) is 10.3. The minimum Gasteiger partial charge on any atom is -0.344 e. The highest BCUT2D eigenvalue weighted by Crippen LogP contribution is 2.18. The van der Waals surface area contributed by atoms with E-state index < -0.39 is 16.1 Å². The van der Waals surface area contributed by atoms with Gasteiger partial charge < -0.3 is 4.90 Å². The van der Waals surface area contributed by atoms with Crippen LogP contribution in [0.25, 0.3) is 11.3 Å². The van der Waals surface area contributed by atoms with Crippen LogP contribution in [0.5, 0.6) is 0 Å². The van der Waals surface area contributed by atoms with E-state index in [0.29, 0.717) is 19.4 Å². The van der Waals surface area contributed by atoms with Crippen LogP contribution in [0.4, 0.5) is 4.39 Å². The maximum atomic E-state index is 13.1. The second-order valence-corrected chi connectivity index (χ2v) is 9.52. The number of aromatic amines is 1. The molecule has 1 amide bonds. The third kappa shape index (κ3) is 6.02. The van der Waals surface area contributed by atoms with Gasteiger partial charge in [-0.05, 0) is 69.2 Å². The van der Waals surface area contributed by atoms with E-state index in [0.717, 1.165) is 22.5 Å². The Kier molecular flexibility index (Phi) is 7.42. The molecule has 3 rings (SSSR count). The zero-order chi connectivity index (χ0) is 23.3. The quantitative estimate of drug-likeness (QED) is 0.514. The molecule has 0 aliphatic carbocycles. The normalized spacial score (nSPS) is 12.5. The maximum absolute atomic E-state index is 13.1. The summed E-state index contributed by atoms with van der Waals surface area (Å²) in [5, 5.41) is 7.21. The van der Waals surface area contributed by atoms with E-state index in [1.165, 1.54) is 36.1 Å². The van der Waals surface area contributed by atoms with Crippen LogP contribution in [0.3, 0.4) is 0 Å². The summed E-state index contributed by atoms with van der Waals surface area (Å²) in [6.45, 7) is 3.87. The molecule has 0 aliphatic rings. The molecule has 0 aliphatic heterocycles. The minimum atomic E-state index is -3.78. The van der Waals surface area contributed by atoms with Gasteiger partial charge in [-0.3, -0.25) is 9.89 Å². The van der Waals surface area contributed by atoms with Gasteiger partial charge >= 0.3 is 0 Å². The second-order valence-electron chi connectivity index (χ2n) is 7.80. The van der Waals surface area contributed by atoms with E-state index in [9.17, 15) is 17.6 Å². The van der Waals surface area contributed by atoms with E-state index >= 15 is 0 Å². The lowest BCUT2D eigenvalue weighted by Crippen LogP contribution is -2.45. The standard InChI is InChI=1S/C23H27FN4O3S/c1-16-6-12-21(13-7-16)32(30,31)27-17(2)23(29)28(3)14-4-5-20-15-22(26-25-20)18-8-10-19(24)11-9-18/h6-13,15,17,27H,4-5,14H2,1-3H3,(H,25,26). The van der Waals surface area contributed by atoms with Crippen LogP contribution in [-0.2, 0) is 21.2 Å². The number of likely N-dealkylation sites (N-methyl/N-ethyl adjacent to an activating group) is 1. The van der Waals surface area contributed by atoms with Crippen molar-refractivity contribution in [3.05, 3.63) is 71.7 Å². The van der Waals surface area contributed by atoms with Crippen LogP contribution in [0.15, 0.2) is 59.5 Å². The van der Waals surface area contributed by atoms with Crippen molar-refractivity contribution in [3.8, 4) is 11.3 Å². The van der Waals surface area contributed by atoms with Crippen molar-refractivity contribution < 1.29 is 17.6 Å². The highest BCUT2D eigenvalue weighted by Gasteiger charge is 2.24. The number of halogens is 1. The van der Waals surface area contributed by atoms with Gasteiger partial charge in [0.1, 0.15) is 5.82 Å². The Bertz CT molecular complexity index is 1160. The predicted octanol–water partition coefficient (Wildman–Crippen LogP) is 3.28. The number of aryl methyl sites for hydroxylation is 2. The summed E-state index contributed by atoms with van der Waals surface area (Å²) in [5.41, 5.74) is 3.40. The first-order valence-corrected chi connectivity index (χ1v) is 11.8. The van der Waals surface area contributed by atoms with Crippen molar-refractivity contribution in [2.75, 3.05) is 13.6 Å². The van der Waals surface area contributed by atoms with Gasteiger partial charge in [-0.2, -0.15) is 9.82 Å². The van der Waals surface area contributed by atoms with E-state index in [4.69, 9.17) is 0 Å². The number of hydrogen-bond acceptors (Lipinski definition) is 4. The Morgan fingerprint density at radius 2 is 1.81 bits per heavy atom. The Morgan fingerprint density at radius 1 is 1.16 bits per heavy atom. The number of nitrogens with one attached hydrogen (secondary N) is 2. The fourth-order valence-electron chi connectivity index (χ4n) is 3.27. The first-order chi connectivity index (χ1) is 15.2. The van der Waals surface area contributed by atoms with Crippen LogP contribution in [-0.4, -0.2) is 49.1 Å². The molecule has 32 heavy (non-hydrogen) atoms. The zero-order valence-corrected chi connectivity index (χ0v) is 19.1. The molecule has 0 fully saturated rings. The smallest absolute Gasteiger partial charge is 0.241 e. The SMILES string of the molecule is Cc1ccc(S(=O)(=O)NC(C)C(=O)N(C)CCCc2cc(-c3ccc(F)cc3)n[nH]2)cc1. The van der Waals surface area contributed by atoms with Crippen molar-refractivity contribution in [1.29, 1.82) is 0 Å². The van der Waals surface area contributed by atoms with Gasteiger partial charge in [-0.25, -0.2) is 12.8 Å². The van der Waals surface area contributed by atoms with Gasteiger partial charge in [0.05, 0.1) is 16.6 Å². The molecule has 0 bridgehead atoms. The number of aromatic nitrogens is 2. The van der Waals surface area contributed by atoms with Crippen molar-refractivity contribution >= 4 is 15.9 Å². The van der Waals surface area contributed by atoms with Gasteiger partial charge in [-0.1, -0.05) is 17.7 Å². The molecule has 1 unspecified atom stereocenters. The van der Waals surface area contributed by atoms with Gasteiger partial charge in [-0.15, -0.1) is 0 Å². The Hall–Kier alpha value is -3.04. The van der Waals surface area contributed by atoms with E-state index in [-0.39, 0.29) is 16.6 Å². The lowest BCUT2D eigenvalue weighted by molar-refractivity contribution is -0.131. The third-order valence-electron chi connectivity index (χ3n) is 5.12. The molecule has 170 valence electrons. The fraction of sp³-hybridized carbons (Fsp3) is 0.304. The van der Waals surface area contributed by atoms with Crippen LogP contribution < -0.4 is 4.72 Å². The monoisotopic (exact) mass is 458 g/mol. The zero-order valence-electron chi connectivity index (χ0n) is 18.3. The van der Waals surface area contributed by atoms with Crippen molar-refractivity contribution in [3.63, 3.8) is 0 Å². The van der Waals surface area contributed by atoms with Crippen molar-refractivity contribution in [2.45, 2.75) is 37.6 Å². The predicted molar refractivity (Wildman–Crippen MR) is 121 cm³/mol. The number of carbonyl (C=O) groups is 1. The highest BCUT2D eigenvalue weighted by molar-refractivity contribution is 7.89. The second kappa shape index (κ2) is 10.1. The molecule has 9 heteroatoms. The molecule has 0 radical (unpaired) electrons. The molecule has 0 saturated heterocycles. The molecule has 2 N–H and O–H groups in total. The van der Waals surface area contributed by atoms with Gasteiger partial charge in [0.25, 0.3) is 0 Å². The molecular weight excluding hydrogens is 431 g/mol. The summed E-state index contributed by atoms with van der Waals surface area (Å²) in [5.74, 6) is -0.607. The van der Waals surface area contributed by atoms with Crippen LogP contribution in [0, 0.1) is 12.7 Å². The summed E-state index contributed by atoms with van der Waals surface area (Å²) >= 11 is 0. The molecular formula is C23H27FN4O3S. The molecule has 3 aromatic rings. The Labute approximate surface area is 187 Å². The molecule has 0 saturated carbocycles. The number of benzene rings is 2. The minimum absolute atomic E-state index is 0.126. The number of carbonyl (C=O) groups excluding carboxylic acids is 1. The molecule has 7 nitrogen and oxygen atoms in total. The summed E-state index contributed by atoms with van der Waals surface area (Å²) in [4.78, 5) is 14.3. The summed E-state index contributed by atoms with van der Waals surface area (Å²) in [6.07, 6.45) is 1.33. The number of nitrogens with zero attached hydrogens (tertiary/aromatic N) is 2. The Morgan fingerprint density at radius 3 is 2.47 bits per heavy atom. The number of sulfonamides is 1. The van der Waals surface area contributed by atoms with Gasteiger partial charge in [0, 0.05) is 24.8 Å². The van der Waals surface area contributed by atoms with Gasteiger partial charge in [0.15, 0.2) is 0 Å². The molecule has 1 aromatic heterocycles. The Balaban J connectivity index is 1.50. The average molecular weight is 459 g/mol. The average Bonchev–Trinajstić information content (AvgIpc) is 3.22. The molecule has 1 heterocycles. The third-order valence-corrected chi connectivity index (χ3v) is 6.68. The van der Waals surface area contributed by atoms with E-state index in [2.05, 4.69) is 14.9 Å². The summed E-state index contributed by atoms with van der Waals surface area (Å²) < 4.78 is 40.5. The van der Waals surface area contributed by atoms with E-state index in [1.54, 1.807) is 31.3 Å². The van der Waals surface area contributed by atoms with Crippen LogP contribution >= 0.6 is 0 Å². The number of amides is 1. The molecule has 0 spiro atoms. The highest BCUT2D eigenvalue weighted by atomic mass is 32.2. The fourth-order valence-corrected chi connectivity index (χ4v) is 4.47. The number of hydrogen-bond donors (Lipinski definition) is 2. The largest absolute Gasteiger partial charge is 0.344 e. The van der Waals surface area contributed by atoms with E-state index in [1.807, 2.05) is 13.0 Å². The van der Waals surface area contributed by atoms with Gasteiger partial charge in [0.2, 0.25) is 15.9 Å². The molecule has 1 atom stereocenters. The lowest BCUT2D eigenvalue weighted by Gasteiger charge is -2.22. The van der Waals surface area contributed by atoms with Crippen LogP contribution in [0.2, 0.25) is 0 Å². The first kappa shape index (κ1) is 23.6. The summed E-state index contributed by atoms with van der Waals surface area (Å²) in [6, 6.07) is 13.6. The number of rotatable bonds is 9. The van der Waals surface area contributed by atoms with Crippen LogP contribution in [0.1, 0.15) is 24.6 Å². The summed E-state index contributed by atoms with van der Waals surface area (Å²) in [7, 11) is -2.13. The lowest BCUT2D eigenvalue weighted by atomic mass is 10.1. The topological polar surface area (TPSA) is 95.2 Å².